The summed E-state index contributed by atoms with van der Waals surface area (Å²) in [5.41, 5.74) is 7.14. The van der Waals surface area contributed by atoms with E-state index in [1.54, 1.807) is 24.5 Å². The number of nitrogens with two attached hydrogens (primary N) is 1. The maximum atomic E-state index is 8.70. The third-order valence-electron chi connectivity index (χ3n) is 2.54. The number of hydrogen-bond donors (Lipinski definition) is 1. The minimum Gasteiger partial charge on any atom is -0.384 e. The highest BCUT2D eigenvalue weighted by atomic mass is 15.2. The fraction of sp³-hybridized carbons (Fsp3) is 0.154. The summed E-state index contributed by atoms with van der Waals surface area (Å²) in [6.07, 6.45) is 3.31. The van der Waals surface area contributed by atoms with Gasteiger partial charge in [-0.15, -0.1) is 0 Å². The number of aromatic nitrogens is 2. The minimum atomic E-state index is 0.512. The van der Waals surface area contributed by atoms with Crippen LogP contribution in [0.2, 0.25) is 0 Å². The van der Waals surface area contributed by atoms with E-state index in [9.17, 15) is 0 Å². The summed E-state index contributed by atoms with van der Waals surface area (Å²) in [5, 5.41) is 8.70. The van der Waals surface area contributed by atoms with Crippen molar-refractivity contribution in [3.8, 4) is 6.07 Å². The van der Waals surface area contributed by atoms with Crippen molar-refractivity contribution in [2.24, 2.45) is 0 Å². The summed E-state index contributed by atoms with van der Waals surface area (Å²) < 4.78 is 0. The molecule has 5 nitrogen and oxygen atoms in total. The van der Waals surface area contributed by atoms with Gasteiger partial charge >= 0.3 is 0 Å². The topological polar surface area (TPSA) is 78.8 Å². The molecule has 2 N–H and O–H groups in total. The molecule has 2 rings (SSSR count). The van der Waals surface area contributed by atoms with E-state index in [4.69, 9.17) is 11.0 Å². The first-order valence-corrected chi connectivity index (χ1v) is 5.47. The summed E-state index contributed by atoms with van der Waals surface area (Å²) in [6.45, 7) is 0.687. The second-order valence-electron chi connectivity index (χ2n) is 3.96. The molecule has 0 atom stereocenters. The molecule has 0 saturated heterocycles. The van der Waals surface area contributed by atoms with E-state index in [-0.39, 0.29) is 0 Å². The molecule has 90 valence electrons. The third-order valence-corrected chi connectivity index (χ3v) is 2.54. The molecule has 0 saturated carbocycles. The van der Waals surface area contributed by atoms with E-state index < -0.39 is 0 Å². The van der Waals surface area contributed by atoms with Gasteiger partial charge in [-0.2, -0.15) is 5.26 Å². The first-order chi connectivity index (χ1) is 8.69. The monoisotopic (exact) mass is 239 g/mol. The Labute approximate surface area is 106 Å². The molecule has 18 heavy (non-hydrogen) atoms. The fourth-order valence-corrected chi connectivity index (χ4v) is 1.56. The molecule has 5 heteroatoms. The van der Waals surface area contributed by atoms with Crippen molar-refractivity contribution >= 4 is 11.6 Å². The molecule has 0 bridgehead atoms. The van der Waals surface area contributed by atoms with Crippen LogP contribution in [0.4, 0.5) is 11.6 Å². The van der Waals surface area contributed by atoms with Crippen LogP contribution in [0, 0.1) is 11.3 Å². The second kappa shape index (κ2) is 5.15. The van der Waals surface area contributed by atoms with E-state index in [1.807, 2.05) is 30.1 Å². The fourth-order valence-electron chi connectivity index (χ4n) is 1.56. The van der Waals surface area contributed by atoms with Gasteiger partial charge in [0, 0.05) is 26.0 Å². The second-order valence-corrected chi connectivity index (χ2v) is 3.96. The van der Waals surface area contributed by atoms with E-state index in [0.29, 0.717) is 17.9 Å². The van der Waals surface area contributed by atoms with Gasteiger partial charge in [-0.05, 0) is 23.8 Å². The van der Waals surface area contributed by atoms with Gasteiger partial charge in [-0.3, -0.25) is 0 Å². The van der Waals surface area contributed by atoms with Crippen molar-refractivity contribution in [1.29, 1.82) is 5.26 Å². The highest BCUT2D eigenvalue weighted by molar-refractivity contribution is 5.42. The van der Waals surface area contributed by atoms with Crippen LogP contribution in [0.1, 0.15) is 11.1 Å². The molecular formula is C13H13N5. The van der Waals surface area contributed by atoms with E-state index in [1.165, 1.54) is 0 Å². The maximum Gasteiger partial charge on any atom is 0.128 e. The van der Waals surface area contributed by atoms with Crippen LogP contribution in [0.25, 0.3) is 0 Å². The number of anilines is 2. The van der Waals surface area contributed by atoms with Crippen LogP contribution >= 0.6 is 0 Å². The highest BCUT2D eigenvalue weighted by Gasteiger charge is 2.04. The van der Waals surface area contributed by atoms with Gasteiger partial charge < -0.3 is 10.6 Å². The summed E-state index contributed by atoms with van der Waals surface area (Å²) in [6, 6.07) is 9.32. The molecule has 2 heterocycles. The number of nitrogen functional groups attached to an aromatic ring is 1. The molecule has 0 amide bonds. The van der Waals surface area contributed by atoms with Crippen molar-refractivity contribution in [3.05, 3.63) is 47.8 Å². The van der Waals surface area contributed by atoms with Gasteiger partial charge in [0.15, 0.2) is 0 Å². The van der Waals surface area contributed by atoms with Crippen molar-refractivity contribution in [2.45, 2.75) is 6.54 Å². The lowest BCUT2D eigenvalue weighted by molar-refractivity contribution is 0.892. The summed E-state index contributed by atoms with van der Waals surface area (Å²) >= 11 is 0. The van der Waals surface area contributed by atoms with Crippen molar-refractivity contribution in [3.63, 3.8) is 0 Å². The smallest absolute Gasteiger partial charge is 0.128 e. The predicted octanol–water partition coefficient (Wildman–Crippen LogP) is 1.57. The number of nitrogens with zero attached hydrogens (tertiary/aromatic N) is 4. The normalized spacial score (nSPS) is 9.78. The lowest BCUT2D eigenvalue weighted by atomic mass is 10.2. The van der Waals surface area contributed by atoms with Crippen LogP contribution in [-0.2, 0) is 6.54 Å². The third kappa shape index (κ3) is 2.74. The number of nitriles is 1. The lowest BCUT2D eigenvalue weighted by Gasteiger charge is -2.17. The quantitative estimate of drug-likeness (QED) is 0.879. The van der Waals surface area contributed by atoms with Crippen molar-refractivity contribution in [2.75, 3.05) is 17.7 Å². The Morgan fingerprint density at radius 3 is 2.61 bits per heavy atom. The van der Waals surface area contributed by atoms with Crippen LogP contribution in [0.3, 0.4) is 0 Å². The van der Waals surface area contributed by atoms with Crippen LogP contribution in [0.5, 0.6) is 0 Å². The number of pyridine rings is 2. The zero-order chi connectivity index (χ0) is 13.0. The van der Waals surface area contributed by atoms with E-state index in [0.717, 1.165) is 11.4 Å². The Kier molecular flexibility index (Phi) is 3.39. The largest absolute Gasteiger partial charge is 0.384 e. The summed E-state index contributed by atoms with van der Waals surface area (Å²) in [4.78, 5) is 10.2. The minimum absolute atomic E-state index is 0.512. The Balaban J connectivity index is 2.09. The predicted molar refractivity (Wildman–Crippen MR) is 69.7 cm³/mol. The summed E-state index contributed by atoms with van der Waals surface area (Å²) in [7, 11) is 1.94. The SMILES string of the molecule is CN(Cc1ccc(N)nc1)c1ccc(C#N)cn1. The molecule has 0 spiro atoms. The number of rotatable bonds is 3. The molecule has 0 aliphatic heterocycles. The molecule has 0 aromatic carbocycles. The summed E-state index contributed by atoms with van der Waals surface area (Å²) in [5.74, 6) is 1.32. The lowest BCUT2D eigenvalue weighted by Crippen LogP contribution is -2.17. The molecular weight excluding hydrogens is 226 g/mol. The van der Waals surface area contributed by atoms with Crippen LogP contribution < -0.4 is 10.6 Å². The molecule has 2 aromatic rings. The molecule has 0 aliphatic rings. The zero-order valence-electron chi connectivity index (χ0n) is 10.0. The number of hydrogen-bond acceptors (Lipinski definition) is 5. The van der Waals surface area contributed by atoms with Crippen molar-refractivity contribution < 1.29 is 0 Å². The molecule has 0 fully saturated rings. The first-order valence-electron chi connectivity index (χ1n) is 5.47. The van der Waals surface area contributed by atoms with Crippen LogP contribution in [0.15, 0.2) is 36.7 Å². The molecule has 0 aliphatic carbocycles. The van der Waals surface area contributed by atoms with E-state index >= 15 is 0 Å². The van der Waals surface area contributed by atoms with Gasteiger partial charge in [0.25, 0.3) is 0 Å². The molecule has 2 aromatic heterocycles. The zero-order valence-corrected chi connectivity index (χ0v) is 10.0. The van der Waals surface area contributed by atoms with Gasteiger partial charge in [0.2, 0.25) is 0 Å². The molecule has 0 unspecified atom stereocenters. The van der Waals surface area contributed by atoms with Gasteiger partial charge in [-0.25, -0.2) is 9.97 Å². The van der Waals surface area contributed by atoms with E-state index in [2.05, 4.69) is 9.97 Å². The maximum absolute atomic E-state index is 8.70. The Hall–Kier alpha value is -2.61. The average molecular weight is 239 g/mol. The first kappa shape index (κ1) is 11.9. The average Bonchev–Trinajstić information content (AvgIpc) is 2.41. The van der Waals surface area contributed by atoms with Gasteiger partial charge in [0.05, 0.1) is 5.56 Å². The Morgan fingerprint density at radius 2 is 2.06 bits per heavy atom. The van der Waals surface area contributed by atoms with Crippen LogP contribution in [-0.4, -0.2) is 17.0 Å². The highest BCUT2D eigenvalue weighted by Crippen LogP contribution is 2.13. The molecule has 0 radical (unpaired) electrons. The van der Waals surface area contributed by atoms with Gasteiger partial charge in [0.1, 0.15) is 17.7 Å². The van der Waals surface area contributed by atoms with Crippen molar-refractivity contribution in [1.82, 2.24) is 9.97 Å². The standard InChI is InChI=1S/C13H13N5/c1-18(9-11-2-4-12(15)16-8-11)13-5-3-10(6-14)7-17-13/h2-5,7-8H,9H2,1H3,(H2,15,16). The Bertz CT molecular complexity index is 553. The van der Waals surface area contributed by atoms with Gasteiger partial charge in [-0.1, -0.05) is 6.07 Å². The Morgan fingerprint density at radius 1 is 1.22 bits per heavy atom.